The van der Waals surface area contributed by atoms with Crippen LogP contribution in [0.4, 0.5) is 8.78 Å². The van der Waals surface area contributed by atoms with Gasteiger partial charge in [-0.3, -0.25) is 4.98 Å². The molecule has 0 radical (unpaired) electrons. The lowest BCUT2D eigenvalue weighted by Gasteiger charge is -2.32. The van der Waals surface area contributed by atoms with Gasteiger partial charge in [0.2, 0.25) is 0 Å². The van der Waals surface area contributed by atoms with Crippen molar-refractivity contribution in [2.75, 3.05) is 6.61 Å². The van der Waals surface area contributed by atoms with E-state index < -0.39 is 22.7 Å². The predicted molar refractivity (Wildman–Crippen MR) is 77.5 cm³/mol. The molecule has 0 bridgehead atoms. The number of hydrogen-bond acceptors (Lipinski definition) is 3. The number of benzene rings is 1. The maximum atomic E-state index is 13.7. The van der Waals surface area contributed by atoms with Crippen LogP contribution < -0.4 is 4.74 Å². The third-order valence-corrected chi connectivity index (χ3v) is 3.91. The molecule has 1 N–H and O–H groups in total. The predicted octanol–water partition coefficient (Wildman–Crippen LogP) is 3.40. The number of pyridine rings is 1. The zero-order chi connectivity index (χ0) is 16.0. The monoisotopic (exact) mass is 305 g/mol. The van der Waals surface area contributed by atoms with Crippen LogP contribution in [0.3, 0.4) is 0 Å². The van der Waals surface area contributed by atoms with Crippen molar-refractivity contribution in [2.45, 2.75) is 25.9 Å². The summed E-state index contributed by atoms with van der Waals surface area (Å²) in [6, 6.07) is 7.14. The number of hydrogen-bond donors (Lipinski definition) is 1. The van der Waals surface area contributed by atoms with Gasteiger partial charge in [0.15, 0.2) is 11.6 Å². The fourth-order valence-corrected chi connectivity index (χ4v) is 2.92. The number of rotatable bonds is 1. The molecule has 0 spiro atoms. The van der Waals surface area contributed by atoms with Crippen molar-refractivity contribution < 1.29 is 18.6 Å². The second-order valence-corrected chi connectivity index (χ2v) is 6.47. The molecule has 1 aromatic carbocycles. The minimum Gasteiger partial charge on any atom is -0.493 e. The molecule has 2 aromatic rings. The van der Waals surface area contributed by atoms with Gasteiger partial charge in [-0.1, -0.05) is 19.9 Å². The van der Waals surface area contributed by atoms with E-state index in [0.717, 1.165) is 12.1 Å². The van der Waals surface area contributed by atoms with Gasteiger partial charge in [-0.15, -0.1) is 0 Å². The molecule has 1 aliphatic heterocycles. The Labute approximate surface area is 127 Å². The molecule has 5 heteroatoms. The van der Waals surface area contributed by atoms with Gasteiger partial charge in [0.25, 0.3) is 0 Å². The zero-order valence-electron chi connectivity index (χ0n) is 12.4. The fraction of sp³-hybridized carbons (Fsp3) is 0.353. The van der Waals surface area contributed by atoms with Gasteiger partial charge in [-0.05, 0) is 24.6 Å². The quantitative estimate of drug-likeness (QED) is 0.878. The number of ether oxygens (including phenoxy) is 1. The van der Waals surface area contributed by atoms with Crippen LogP contribution in [0.25, 0.3) is 0 Å². The van der Waals surface area contributed by atoms with Gasteiger partial charge in [-0.2, -0.15) is 0 Å². The first-order chi connectivity index (χ1) is 10.3. The highest BCUT2D eigenvalue weighted by Gasteiger charge is 2.44. The summed E-state index contributed by atoms with van der Waals surface area (Å²) < 4.78 is 32.9. The van der Waals surface area contributed by atoms with E-state index in [4.69, 9.17) is 4.74 Å². The molecule has 0 saturated heterocycles. The Morgan fingerprint density at radius 3 is 2.59 bits per heavy atom. The Kier molecular flexibility index (Phi) is 3.40. The van der Waals surface area contributed by atoms with Gasteiger partial charge in [0, 0.05) is 23.2 Å². The Bertz CT molecular complexity index is 703. The zero-order valence-corrected chi connectivity index (χ0v) is 12.4. The van der Waals surface area contributed by atoms with Crippen LogP contribution in [0, 0.1) is 17.0 Å². The van der Waals surface area contributed by atoms with Crippen molar-refractivity contribution in [2.24, 2.45) is 5.41 Å². The first-order valence-corrected chi connectivity index (χ1v) is 7.08. The van der Waals surface area contributed by atoms with Gasteiger partial charge >= 0.3 is 0 Å². The number of fused-ring (bicyclic) bond motifs is 1. The van der Waals surface area contributed by atoms with Crippen LogP contribution in [0.2, 0.25) is 0 Å². The first-order valence-electron chi connectivity index (χ1n) is 7.08. The molecule has 1 aliphatic rings. The number of nitrogens with zero attached hydrogens (tertiary/aromatic N) is 1. The van der Waals surface area contributed by atoms with Crippen molar-refractivity contribution >= 4 is 0 Å². The molecule has 1 unspecified atom stereocenters. The summed E-state index contributed by atoms with van der Waals surface area (Å²) in [4.78, 5) is 4.21. The Morgan fingerprint density at radius 2 is 1.91 bits per heavy atom. The largest absolute Gasteiger partial charge is 0.493 e. The summed E-state index contributed by atoms with van der Waals surface area (Å²) in [5.74, 6) is -1.86. The summed E-state index contributed by atoms with van der Waals surface area (Å²) in [5, 5.41) is 11.3. The Balaban J connectivity index is 2.25. The van der Waals surface area contributed by atoms with Crippen molar-refractivity contribution in [1.29, 1.82) is 0 Å². The molecule has 2 heterocycles. The van der Waals surface area contributed by atoms with Crippen LogP contribution in [0.15, 0.2) is 36.5 Å². The minimum absolute atomic E-state index is 0.151. The molecule has 1 atom stereocenters. The van der Waals surface area contributed by atoms with E-state index in [1.807, 2.05) is 13.8 Å². The molecule has 3 nitrogen and oxygen atoms in total. The molecule has 116 valence electrons. The lowest BCUT2D eigenvalue weighted by Crippen LogP contribution is -2.34. The summed E-state index contributed by atoms with van der Waals surface area (Å²) in [6.07, 6.45) is 1.85. The van der Waals surface area contributed by atoms with E-state index in [1.165, 1.54) is 0 Å². The molecule has 0 aliphatic carbocycles. The van der Waals surface area contributed by atoms with Crippen LogP contribution in [-0.4, -0.2) is 16.7 Å². The van der Waals surface area contributed by atoms with Gasteiger partial charge in [0.05, 0.1) is 12.3 Å². The van der Waals surface area contributed by atoms with E-state index in [0.29, 0.717) is 12.3 Å². The molecule has 0 fully saturated rings. The maximum absolute atomic E-state index is 13.7. The lowest BCUT2D eigenvalue weighted by atomic mass is 9.76. The van der Waals surface area contributed by atoms with Crippen LogP contribution in [-0.2, 0) is 5.60 Å². The van der Waals surface area contributed by atoms with Crippen LogP contribution in [0.5, 0.6) is 5.75 Å². The summed E-state index contributed by atoms with van der Waals surface area (Å²) in [6.45, 7) is 4.15. The van der Waals surface area contributed by atoms with E-state index >= 15 is 0 Å². The van der Waals surface area contributed by atoms with E-state index in [9.17, 15) is 13.9 Å². The maximum Gasteiger partial charge on any atom is 0.162 e. The van der Waals surface area contributed by atoms with Crippen molar-refractivity contribution in [1.82, 2.24) is 4.98 Å². The highest BCUT2D eigenvalue weighted by molar-refractivity contribution is 5.45. The van der Waals surface area contributed by atoms with Crippen molar-refractivity contribution in [3.63, 3.8) is 0 Å². The first kappa shape index (κ1) is 14.9. The third kappa shape index (κ3) is 2.46. The van der Waals surface area contributed by atoms with Gasteiger partial charge in [0.1, 0.15) is 11.4 Å². The van der Waals surface area contributed by atoms with Crippen LogP contribution >= 0.6 is 0 Å². The van der Waals surface area contributed by atoms with Crippen LogP contribution in [0.1, 0.15) is 31.5 Å². The number of aliphatic hydroxyl groups is 1. The van der Waals surface area contributed by atoms with Gasteiger partial charge < -0.3 is 9.84 Å². The Hall–Kier alpha value is -2.01. The summed E-state index contributed by atoms with van der Waals surface area (Å²) >= 11 is 0. The highest BCUT2D eigenvalue weighted by Crippen LogP contribution is 2.46. The number of aromatic nitrogens is 1. The van der Waals surface area contributed by atoms with E-state index in [-0.39, 0.29) is 17.7 Å². The van der Waals surface area contributed by atoms with Crippen molar-refractivity contribution in [3.05, 3.63) is 59.4 Å². The standard InChI is InChI=1S/C17H17F2NO2/c1-16(2)9-17(21,15-5-3-4-6-20-15)11-7-12(18)13(19)8-14(11)22-10-16/h3-8,21H,9-10H2,1-2H3. The Morgan fingerprint density at radius 1 is 1.18 bits per heavy atom. The van der Waals surface area contributed by atoms with Gasteiger partial charge in [-0.25, -0.2) is 8.78 Å². The van der Waals surface area contributed by atoms with E-state index in [1.54, 1.807) is 24.4 Å². The fourth-order valence-electron chi connectivity index (χ4n) is 2.92. The smallest absolute Gasteiger partial charge is 0.162 e. The normalized spacial score (nSPS) is 23.3. The number of halogens is 2. The molecule has 0 amide bonds. The molecule has 3 rings (SSSR count). The molecular formula is C17H17F2NO2. The average molecular weight is 305 g/mol. The molecule has 1 aromatic heterocycles. The SMILES string of the molecule is CC1(C)COc2cc(F)c(F)cc2C(O)(c2ccccn2)C1. The van der Waals surface area contributed by atoms with E-state index in [2.05, 4.69) is 4.98 Å². The molecule has 22 heavy (non-hydrogen) atoms. The van der Waals surface area contributed by atoms with Crippen molar-refractivity contribution in [3.8, 4) is 5.75 Å². The lowest BCUT2D eigenvalue weighted by molar-refractivity contribution is 0.0263. The highest BCUT2D eigenvalue weighted by atomic mass is 19.2. The second-order valence-electron chi connectivity index (χ2n) is 6.47. The average Bonchev–Trinajstić information content (AvgIpc) is 2.57. The summed E-state index contributed by atoms with van der Waals surface area (Å²) in [7, 11) is 0. The topological polar surface area (TPSA) is 42.4 Å². The summed E-state index contributed by atoms with van der Waals surface area (Å²) in [5.41, 5.74) is -1.33. The molecule has 0 saturated carbocycles. The third-order valence-electron chi connectivity index (χ3n) is 3.91. The molecular weight excluding hydrogens is 288 g/mol. The second kappa shape index (κ2) is 5.02. The minimum atomic E-state index is -1.54.